The molecule has 19 heavy (non-hydrogen) atoms. The van der Waals surface area contributed by atoms with Gasteiger partial charge in [0.2, 0.25) is 17.7 Å². The van der Waals surface area contributed by atoms with E-state index in [4.69, 9.17) is 0 Å². The van der Waals surface area contributed by atoms with E-state index in [2.05, 4.69) is 26.6 Å². The summed E-state index contributed by atoms with van der Waals surface area (Å²) >= 11 is 3.32. The van der Waals surface area contributed by atoms with Gasteiger partial charge in [0.15, 0.2) is 0 Å². The van der Waals surface area contributed by atoms with Crippen LogP contribution >= 0.6 is 15.9 Å². The third-order valence-electron chi connectivity index (χ3n) is 2.85. The Morgan fingerprint density at radius 3 is 2.63 bits per heavy atom. The van der Waals surface area contributed by atoms with Gasteiger partial charge in [0.05, 0.1) is 6.42 Å². The first-order valence-corrected chi connectivity index (χ1v) is 6.71. The Balaban J connectivity index is 1.89. The molecule has 1 aromatic carbocycles. The van der Waals surface area contributed by atoms with Crippen molar-refractivity contribution in [1.82, 2.24) is 10.6 Å². The van der Waals surface area contributed by atoms with Crippen LogP contribution < -0.4 is 10.6 Å². The molecule has 1 aromatic rings. The molecule has 5 nitrogen and oxygen atoms in total. The molecule has 1 atom stereocenters. The number of carbonyl (C=O) groups excluding carboxylic acids is 3. The van der Waals surface area contributed by atoms with E-state index in [0.717, 1.165) is 10.0 Å². The first kappa shape index (κ1) is 13.7. The van der Waals surface area contributed by atoms with Crippen LogP contribution in [-0.4, -0.2) is 23.8 Å². The molecule has 1 unspecified atom stereocenters. The molecule has 2 rings (SSSR count). The summed E-state index contributed by atoms with van der Waals surface area (Å²) in [5, 5.41) is 4.84. The molecule has 0 saturated carbocycles. The number of hydrogen-bond donors (Lipinski definition) is 2. The first-order valence-electron chi connectivity index (χ1n) is 5.92. The second-order valence-corrected chi connectivity index (χ2v) is 5.29. The smallest absolute Gasteiger partial charge is 0.249 e. The van der Waals surface area contributed by atoms with E-state index in [1.165, 1.54) is 0 Å². The third-order valence-corrected chi connectivity index (χ3v) is 3.38. The molecule has 1 aliphatic heterocycles. The van der Waals surface area contributed by atoms with Crippen molar-refractivity contribution in [3.8, 4) is 0 Å². The zero-order valence-electron chi connectivity index (χ0n) is 10.1. The van der Waals surface area contributed by atoms with E-state index < -0.39 is 11.9 Å². The van der Waals surface area contributed by atoms with Crippen molar-refractivity contribution >= 4 is 33.7 Å². The Morgan fingerprint density at radius 2 is 2.00 bits per heavy atom. The van der Waals surface area contributed by atoms with Crippen LogP contribution in [0.3, 0.4) is 0 Å². The number of piperidine rings is 1. The monoisotopic (exact) mass is 324 g/mol. The number of benzene rings is 1. The summed E-state index contributed by atoms with van der Waals surface area (Å²) < 4.78 is 0.946. The molecule has 1 aliphatic rings. The fourth-order valence-electron chi connectivity index (χ4n) is 1.86. The molecular weight excluding hydrogens is 312 g/mol. The van der Waals surface area contributed by atoms with Gasteiger partial charge in [-0.3, -0.25) is 19.7 Å². The minimum absolute atomic E-state index is 0.213. The second-order valence-electron chi connectivity index (χ2n) is 4.37. The summed E-state index contributed by atoms with van der Waals surface area (Å²) in [7, 11) is 0. The second kappa shape index (κ2) is 5.97. The van der Waals surface area contributed by atoms with Gasteiger partial charge in [0, 0.05) is 10.9 Å². The van der Waals surface area contributed by atoms with Gasteiger partial charge in [0.1, 0.15) is 6.04 Å². The molecule has 3 amide bonds. The summed E-state index contributed by atoms with van der Waals surface area (Å²) in [6, 6.07) is 6.78. The van der Waals surface area contributed by atoms with Crippen LogP contribution in [0, 0.1) is 0 Å². The summed E-state index contributed by atoms with van der Waals surface area (Å²) in [6.07, 6.45) is 0.830. The van der Waals surface area contributed by atoms with Crippen LogP contribution in [0.4, 0.5) is 0 Å². The summed E-state index contributed by atoms with van der Waals surface area (Å²) in [5.74, 6) is -0.944. The van der Waals surface area contributed by atoms with Gasteiger partial charge in [-0.2, -0.15) is 0 Å². The Labute approximate surface area is 118 Å². The fourth-order valence-corrected chi connectivity index (χ4v) is 2.13. The van der Waals surface area contributed by atoms with Gasteiger partial charge in [-0.1, -0.05) is 28.1 Å². The average molecular weight is 325 g/mol. The van der Waals surface area contributed by atoms with E-state index in [-0.39, 0.29) is 24.7 Å². The zero-order valence-corrected chi connectivity index (χ0v) is 11.7. The number of hydrogen-bond acceptors (Lipinski definition) is 3. The third kappa shape index (κ3) is 3.89. The summed E-state index contributed by atoms with van der Waals surface area (Å²) in [6.45, 7) is 0. The lowest BCUT2D eigenvalue weighted by molar-refractivity contribution is -0.137. The van der Waals surface area contributed by atoms with Crippen molar-refractivity contribution < 1.29 is 14.4 Å². The van der Waals surface area contributed by atoms with Crippen molar-refractivity contribution in [1.29, 1.82) is 0 Å². The normalized spacial score (nSPS) is 18.9. The zero-order chi connectivity index (χ0) is 13.8. The maximum atomic E-state index is 11.8. The number of halogens is 1. The highest BCUT2D eigenvalue weighted by atomic mass is 79.9. The van der Waals surface area contributed by atoms with E-state index >= 15 is 0 Å². The molecule has 0 radical (unpaired) electrons. The minimum Gasteiger partial charge on any atom is -0.344 e. The molecule has 0 aromatic heterocycles. The van der Waals surface area contributed by atoms with E-state index in [0.29, 0.717) is 6.42 Å². The highest BCUT2D eigenvalue weighted by molar-refractivity contribution is 9.10. The minimum atomic E-state index is -0.611. The molecule has 0 bridgehead atoms. The topological polar surface area (TPSA) is 75.3 Å². The molecule has 6 heteroatoms. The molecule has 0 spiro atoms. The first-order chi connectivity index (χ1) is 9.04. The Morgan fingerprint density at radius 1 is 1.32 bits per heavy atom. The van der Waals surface area contributed by atoms with E-state index in [1.807, 2.05) is 24.3 Å². The Bertz CT molecular complexity index is 513. The largest absolute Gasteiger partial charge is 0.344 e. The molecular formula is C13H13BrN2O3. The summed E-state index contributed by atoms with van der Waals surface area (Å²) in [5.41, 5.74) is 0.869. The quantitative estimate of drug-likeness (QED) is 0.812. The van der Waals surface area contributed by atoms with Gasteiger partial charge in [-0.15, -0.1) is 0 Å². The highest BCUT2D eigenvalue weighted by Gasteiger charge is 2.27. The predicted molar refractivity (Wildman–Crippen MR) is 72.2 cm³/mol. The Kier molecular flexibility index (Phi) is 4.31. The standard InChI is InChI=1S/C13H13BrN2O3/c14-9-3-1-8(2-4-9)7-12(18)15-10-5-6-11(17)16-13(10)19/h1-4,10H,5-7H2,(H,15,18)(H,16,17,19). The van der Waals surface area contributed by atoms with Crippen molar-refractivity contribution in [3.63, 3.8) is 0 Å². The van der Waals surface area contributed by atoms with Crippen molar-refractivity contribution in [2.45, 2.75) is 25.3 Å². The number of nitrogens with one attached hydrogen (secondary N) is 2. The van der Waals surface area contributed by atoms with E-state index in [9.17, 15) is 14.4 Å². The number of rotatable bonds is 3. The van der Waals surface area contributed by atoms with Crippen molar-refractivity contribution in [2.75, 3.05) is 0 Å². The van der Waals surface area contributed by atoms with Gasteiger partial charge in [0.25, 0.3) is 0 Å². The molecule has 0 aliphatic carbocycles. The molecule has 100 valence electrons. The van der Waals surface area contributed by atoms with E-state index in [1.54, 1.807) is 0 Å². The lowest BCUT2D eigenvalue weighted by Gasteiger charge is -2.21. The SMILES string of the molecule is O=C1CCC(NC(=O)Cc2ccc(Br)cc2)C(=O)N1. The van der Waals surface area contributed by atoms with Crippen molar-refractivity contribution in [2.24, 2.45) is 0 Å². The average Bonchev–Trinajstić information content (AvgIpc) is 2.36. The molecule has 1 fully saturated rings. The van der Waals surface area contributed by atoms with Crippen LogP contribution in [0.25, 0.3) is 0 Å². The van der Waals surface area contributed by atoms with Crippen LogP contribution in [0.5, 0.6) is 0 Å². The van der Waals surface area contributed by atoms with Gasteiger partial charge in [-0.25, -0.2) is 0 Å². The molecule has 1 heterocycles. The van der Waals surface area contributed by atoms with Gasteiger partial charge < -0.3 is 5.32 Å². The maximum Gasteiger partial charge on any atom is 0.249 e. The van der Waals surface area contributed by atoms with Gasteiger partial charge in [-0.05, 0) is 24.1 Å². The van der Waals surface area contributed by atoms with Crippen LogP contribution in [0.15, 0.2) is 28.7 Å². The van der Waals surface area contributed by atoms with Crippen LogP contribution in [0.1, 0.15) is 18.4 Å². The molecule has 2 N–H and O–H groups in total. The maximum absolute atomic E-state index is 11.8. The lowest BCUT2D eigenvalue weighted by atomic mass is 10.1. The van der Waals surface area contributed by atoms with Crippen molar-refractivity contribution in [3.05, 3.63) is 34.3 Å². The Hall–Kier alpha value is -1.69. The number of amides is 3. The predicted octanol–water partition coefficient (Wildman–Crippen LogP) is 0.913. The lowest BCUT2D eigenvalue weighted by Crippen LogP contribution is -2.52. The fraction of sp³-hybridized carbons (Fsp3) is 0.308. The highest BCUT2D eigenvalue weighted by Crippen LogP contribution is 2.11. The number of imide groups is 1. The summed E-state index contributed by atoms with van der Waals surface area (Å²) in [4.78, 5) is 34.3. The number of carbonyl (C=O) groups is 3. The molecule has 1 saturated heterocycles. The van der Waals surface area contributed by atoms with Crippen LogP contribution in [0.2, 0.25) is 0 Å². The van der Waals surface area contributed by atoms with Gasteiger partial charge >= 0.3 is 0 Å². The van der Waals surface area contributed by atoms with Crippen LogP contribution in [-0.2, 0) is 20.8 Å².